The van der Waals surface area contributed by atoms with E-state index < -0.39 is 0 Å². The molecule has 4 heteroatoms. The SMILES string of the molecule is CCCOc1ccc(CCC(=O)NC2CCC23CCOCC3)cc1. The smallest absolute Gasteiger partial charge is 0.220 e. The van der Waals surface area contributed by atoms with E-state index in [-0.39, 0.29) is 5.91 Å². The molecule has 1 aliphatic carbocycles. The Hall–Kier alpha value is -1.55. The van der Waals surface area contributed by atoms with Crippen molar-refractivity contribution in [3.8, 4) is 5.75 Å². The number of ether oxygens (including phenoxy) is 2. The molecule has 4 nitrogen and oxygen atoms in total. The second kappa shape index (κ2) is 8.02. The van der Waals surface area contributed by atoms with Crippen LogP contribution in [0.4, 0.5) is 0 Å². The van der Waals surface area contributed by atoms with Crippen LogP contribution in [0.5, 0.6) is 5.75 Å². The van der Waals surface area contributed by atoms with Gasteiger partial charge in [-0.2, -0.15) is 0 Å². The molecule has 0 bridgehead atoms. The first-order chi connectivity index (χ1) is 11.7. The van der Waals surface area contributed by atoms with Gasteiger partial charge in [-0.1, -0.05) is 19.1 Å². The minimum atomic E-state index is 0.178. The van der Waals surface area contributed by atoms with E-state index in [0.29, 0.717) is 17.9 Å². The maximum atomic E-state index is 12.3. The highest BCUT2D eigenvalue weighted by molar-refractivity contribution is 5.76. The summed E-state index contributed by atoms with van der Waals surface area (Å²) in [5.74, 6) is 1.08. The van der Waals surface area contributed by atoms with E-state index in [4.69, 9.17) is 9.47 Å². The molecule has 1 heterocycles. The van der Waals surface area contributed by atoms with Gasteiger partial charge in [-0.05, 0) is 61.6 Å². The van der Waals surface area contributed by atoms with E-state index in [1.807, 2.05) is 12.1 Å². The van der Waals surface area contributed by atoms with Gasteiger partial charge in [0.05, 0.1) is 6.61 Å². The molecule has 1 N–H and O–H groups in total. The molecular weight excluding hydrogens is 302 g/mol. The molecule has 1 atom stereocenters. The predicted molar refractivity (Wildman–Crippen MR) is 94.2 cm³/mol. The topological polar surface area (TPSA) is 47.6 Å². The van der Waals surface area contributed by atoms with Gasteiger partial charge in [0, 0.05) is 25.7 Å². The Morgan fingerprint density at radius 3 is 2.62 bits per heavy atom. The molecule has 2 fully saturated rings. The summed E-state index contributed by atoms with van der Waals surface area (Å²) in [4.78, 5) is 12.3. The molecule has 132 valence electrons. The minimum absolute atomic E-state index is 0.178. The highest BCUT2D eigenvalue weighted by Gasteiger charge is 2.47. The summed E-state index contributed by atoms with van der Waals surface area (Å²) in [6.07, 6.45) is 6.89. The van der Waals surface area contributed by atoms with Gasteiger partial charge < -0.3 is 14.8 Å². The Bertz CT molecular complexity index is 534. The molecule has 1 aromatic carbocycles. The van der Waals surface area contributed by atoms with Gasteiger partial charge in [0.1, 0.15) is 5.75 Å². The summed E-state index contributed by atoms with van der Waals surface area (Å²) in [7, 11) is 0. The Morgan fingerprint density at radius 1 is 1.25 bits per heavy atom. The van der Waals surface area contributed by atoms with Gasteiger partial charge in [-0.25, -0.2) is 0 Å². The van der Waals surface area contributed by atoms with Crippen LogP contribution in [0.25, 0.3) is 0 Å². The molecule has 0 aromatic heterocycles. The molecule has 24 heavy (non-hydrogen) atoms. The minimum Gasteiger partial charge on any atom is -0.494 e. The first-order valence-corrected chi connectivity index (χ1v) is 9.31. The van der Waals surface area contributed by atoms with Crippen LogP contribution in [0.3, 0.4) is 0 Å². The molecule has 2 aliphatic rings. The van der Waals surface area contributed by atoms with E-state index in [9.17, 15) is 4.79 Å². The van der Waals surface area contributed by atoms with E-state index in [1.165, 1.54) is 12.0 Å². The number of carbonyl (C=O) groups is 1. The lowest BCUT2D eigenvalue weighted by atomic mass is 9.60. The summed E-state index contributed by atoms with van der Waals surface area (Å²) in [5, 5.41) is 3.27. The first-order valence-electron chi connectivity index (χ1n) is 9.31. The van der Waals surface area contributed by atoms with Crippen molar-refractivity contribution in [1.29, 1.82) is 0 Å². The second-order valence-electron chi connectivity index (χ2n) is 7.13. The van der Waals surface area contributed by atoms with Crippen LogP contribution in [0, 0.1) is 5.41 Å². The van der Waals surface area contributed by atoms with Crippen molar-refractivity contribution < 1.29 is 14.3 Å². The van der Waals surface area contributed by atoms with Crippen LogP contribution >= 0.6 is 0 Å². The monoisotopic (exact) mass is 331 g/mol. The first kappa shape index (κ1) is 17.3. The lowest BCUT2D eigenvalue weighted by molar-refractivity contribution is -0.127. The maximum Gasteiger partial charge on any atom is 0.220 e. The number of amides is 1. The van der Waals surface area contributed by atoms with Crippen molar-refractivity contribution in [3.63, 3.8) is 0 Å². The number of hydrogen-bond acceptors (Lipinski definition) is 3. The number of aryl methyl sites for hydroxylation is 1. The largest absolute Gasteiger partial charge is 0.494 e. The lowest BCUT2D eigenvalue weighted by Gasteiger charge is -2.52. The van der Waals surface area contributed by atoms with Crippen molar-refractivity contribution in [3.05, 3.63) is 29.8 Å². The fourth-order valence-electron chi connectivity index (χ4n) is 3.80. The normalized spacial score (nSPS) is 22.0. The highest BCUT2D eigenvalue weighted by Crippen LogP contribution is 2.48. The maximum absolute atomic E-state index is 12.3. The van der Waals surface area contributed by atoms with Crippen molar-refractivity contribution >= 4 is 5.91 Å². The van der Waals surface area contributed by atoms with Crippen molar-refractivity contribution in [1.82, 2.24) is 5.32 Å². The van der Waals surface area contributed by atoms with Gasteiger partial charge in [0.2, 0.25) is 5.91 Å². The number of benzene rings is 1. The Kier molecular flexibility index (Phi) is 5.77. The predicted octanol–water partition coefficient (Wildman–Crippen LogP) is 3.48. The molecule has 1 aliphatic heterocycles. The number of carbonyl (C=O) groups excluding carboxylic acids is 1. The van der Waals surface area contributed by atoms with Gasteiger partial charge in [0.15, 0.2) is 0 Å². The van der Waals surface area contributed by atoms with Crippen LogP contribution in [-0.4, -0.2) is 31.8 Å². The second-order valence-corrected chi connectivity index (χ2v) is 7.13. The third-order valence-corrected chi connectivity index (χ3v) is 5.53. The van der Waals surface area contributed by atoms with Gasteiger partial charge in [0.25, 0.3) is 0 Å². The molecule has 1 amide bonds. The third kappa shape index (κ3) is 4.10. The van der Waals surface area contributed by atoms with Crippen LogP contribution in [0.1, 0.15) is 51.0 Å². The molecule has 1 unspecified atom stereocenters. The Balaban J connectivity index is 1.42. The van der Waals surface area contributed by atoms with Crippen LogP contribution in [0.15, 0.2) is 24.3 Å². The molecule has 1 saturated carbocycles. The number of rotatable bonds is 7. The van der Waals surface area contributed by atoms with Crippen LogP contribution in [-0.2, 0) is 16.0 Å². The van der Waals surface area contributed by atoms with Crippen molar-refractivity contribution in [2.75, 3.05) is 19.8 Å². The molecule has 0 radical (unpaired) electrons. The fraction of sp³-hybridized carbons (Fsp3) is 0.650. The molecule has 1 saturated heterocycles. The van der Waals surface area contributed by atoms with Gasteiger partial charge in [-0.3, -0.25) is 4.79 Å². The molecule has 1 aromatic rings. The van der Waals surface area contributed by atoms with Crippen LogP contribution in [0.2, 0.25) is 0 Å². The third-order valence-electron chi connectivity index (χ3n) is 5.53. The highest BCUT2D eigenvalue weighted by atomic mass is 16.5. The zero-order chi connectivity index (χ0) is 16.8. The van der Waals surface area contributed by atoms with Gasteiger partial charge in [-0.15, -0.1) is 0 Å². The van der Waals surface area contributed by atoms with Crippen molar-refractivity contribution in [2.24, 2.45) is 5.41 Å². The summed E-state index contributed by atoms with van der Waals surface area (Å²) in [5.41, 5.74) is 1.51. The van der Waals surface area contributed by atoms with E-state index in [0.717, 1.165) is 57.7 Å². The van der Waals surface area contributed by atoms with E-state index in [2.05, 4.69) is 24.4 Å². The zero-order valence-electron chi connectivity index (χ0n) is 14.7. The lowest BCUT2D eigenvalue weighted by Crippen LogP contribution is -2.57. The molecule has 1 spiro atoms. The van der Waals surface area contributed by atoms with Crippen LogP contribution < -0.4 is 10.1 Å². The van der Waals surface area contributed by atoms with Gasteiger partial charge >= 0.3 is 0 Å². The summed E-state index contributed by atoms with van der Waals surface area (Å²) in [6.45, 7) is 4.53. The molecule has 3 rings (SSSR count). The summed E-state index contributed by atoms with van der Waals surface area (Å²) < 4.78 is 11.1. The Morgan fingerprint density at radius 2 is 2.00 bits per heavy atom. The zero-order valence-corrected chi connectivity index (χ0v) is 14.7. The standard InChI is InChI=1S/C20H29NO3/c1-2-13-24-17-6-3-16(4-7-17)5-8-19(22)21-18-9-10-20(18)11-14-23-15-12-20/h3-4,6-7,18H,2,5,8-15H2,1H3,(H,21,22). The average Bonchev–Trinajstić information content (AvgIpc) is 2.63. The fourth-order valence-corrected chi connectivity index (χ4v) is 3.80. The van der Waals surface area contributed by atoms with E-state index in [1.54, 1.807) is 0 Å². The number of hydrogen-bond donors (Lipinski definition) is 1. The van der Waals surface area contributed by atoms with E-state index >= 15 is 0 Å². The quantitative estimate of drug-likeness (QED) is 0.832. The summed E-state index contributed by atoms with van der Waals surface area (Å²) in [6, 6.07) is 8.46. The molecular formula is C20H29NO3. The van der Waals surface area contributed by atoms with Crippen molar-refractivity contribution in [2.45, 2.75) is 57.9 Å². The number of nitrogens with one attached hydrogen (secondary N) is 1. The Labute approximate surface area is 144 Å². The average molecular weight is 331 g/mol. The summed E-state index contributed by atoms with van der Waals surface area (Å²) >= 11 is 0.